The van der Waals surface area contributed by atoms with E-state index in [1.165, 1.54) is 0 Å². The van der Waals surface area contributed by atoms with Crippen LogP contribution in [0.3, 0.4) is 0 Å². The second-order valence-corrected chi connectivity index (χ2v) is 3.13. The summed E-state index contributed by atoms with van der Waals surface area (Å²) in [6.07, 6.45) is 2.04. The molecule has 0 fully saturated rings. The van der Waals surface area contributed by atoms with Gasteiger partial charge >= 0.3 is 0 Å². The average molecular weight is 191 g/mol. The average Bonchev–Trinajstić information content (AvgIpc) is 1.66. The van der Waals surface area contributed by atoms with Crippen LogP contribution in [0, 0.1) is 0 Å². The molecular formula is C6H16Cl2O2. The van der Waals surface area contributed by atoms with Gasteiger partial charge in [-0.3, -0.25) is 0 Å². The molecule has 0 amide bonds. The molecule has 66 valence electrons. The van der Waals surface area contributed by atoms with Gasteiger partial charge in [0.2, 0.25) is 0 Å². The molecule has 0 radical (unpaired) electrons. The molecule has 0 atom stereocenters. The zero-order chi connectivity index (χ0) is 7.70. The molecule has 2 nitrogen and oxygen atoms in total. The summed E-state index contributed by atoms with van der Waals surface area (Å²) in [5.41, 5.74) is 0. The Morgan fingerprint density at radius 1 is 1.40 bits per heavy atom. The zero-order valence-corrected chi connectivity index (χ0v) is 7.91. The molecule has 0 unspecified atom stereocenters. The number of rotatable bonds is 2. The molecule has 0 saturated carbocycles. The topological polar surface area (TPSA) is 51.7 Å². The van der Waals surface area contributed by atoms with E-state index < -0.39 is 0 Å². The minimum atomic E-state index is -0.222. The third kappa shape index (κ3) is 76.5. The Labute approximate surface area is 72.5 Å². The van der Waals surface area contributed by atoms with Crippen LogP contribution in [0.5, 0.6) is 0 Å². The maximum Gasteiger partial charge on any atom is 0.105 e. The number of hydrogen-bond donors (Lipinski definition) is 1. The first-order valence-corrected chi connectivity index (χ1v) is 3.91. The largest absolute Gasteiger partial charge is 0.412 e. The standard InChI is InChI=1S/C4H10O.C2H4Cl2.H2O/c1-2-3-4-5;1-2(3)4;/h5H,2-4H2,1H3;2H,1H3;1H2. The first-order valence-electron chi connectivity index (χ1n) is 3.04. The van der Waals surface area contributed by atoms with E-state index in [0.29, 0.717) is 6.61 Å². The maximum atomic E-state index is 8.07. The summed E-state index contributed by atoms with van der Waals surface area (Å²) >= 11 is 10.1. The lowest BCUT2D eigenvalue weighted by Crippen LogP contribution is -1.75. The number of halogens is 2. The van der Waals surface area contributed by atoms with Crippen molar-refractivity contribution in [3.05, 3.63) is 0 Å². The van der Waals surface area contributed by atoms with Crippen LogP contribution in [0.1, 0.15) is 26.7 Å². The Hall–Kier alpha value is 0.500. The summed E-state index contributed by atoms with van der Waals surface area (Å²) in [6.45, 7) is 4.09. The lowest BCUT2D eigenvalue weighted by Gasteiger charge is -1.79. The molecule has 0 aliphatic rings. The van der Waals surface area contributed by atoms with Gasteiger partial charge in [-0.1, -0.05) is 13.3 Å². The minimum Gasteiger partial charge on any atom is -0.412 e. The van der Waals surface area contributed by atoms with Crippen LogP contribution in [0.2, 0.25) is 0 Å². The van der Waals surface area contributed by atoms with Gasteiger partial charge in [-0.2, -0.15) is 0 Å². The first kappa shape index (κ1) is 16.8. The molecule has 0 aromatic heterocycles. The van der Waals surface area contributed by atoms with Crippen LogP contribution in [0.15, 0.2) is 0 Å². The lowest BCUT2D eigenvalue weighted by atomic mass is 10.4. The molecular weight excluding hydrogens is 175 g/mol. The van der Waals surface area contributed by atoms with Crippen LogP contribution in [-0.4, -0.2) is 22.0 Å². The molecule has 0 heterocycles. The highest BCUT2D eigenvalue weighted by Crippen LogP contribution is 1.95. The summed E-state index contributed by atoms with van der Waals surface area (Å²) in [7, 11) is 0. The molecule has 0 aromatic carbocycles. The fraction of sp³-hybridized carbons (Fsp3) is 1.00. The van der Waals surface area contributed by atoms with Gasteiger partial charge in [0.25, 0.3) is 0 Å². The van der Waals surface area contributed by atoms with Crippen LogP contribution in [0.4, 0.5) is 0 Å². The number of aliphatic hydroxyl groups excluding tert-OH is 1. The summed E-state index contributed by atoms with van der Waals surface area (Å²) in [6, 6.07) is 0. The van der Waals surface area contributed by atoms with E-state index in [1.54, 1.807) is 6.92 Å². The Morgan fingerprint density at radius 2 is 1.70 bits per heavy atom. The van der Waals surface area contributed by atoms with Gasteiger partial charge in [0.15, 0.2) is 0 Å². The van der Waals surface area contributed by atoms with Crippen molar-refractivity contribution in [1.29, 1.82) is 0 Å². The molecule has 0 aliphatic heterocycles. The smallest absolute Gasteiger partial charge is 0.105 e. The van der Waals surface area contributed by atoms with Crippen LogP contribution in [-0.2, 0) is 0 Å². The molecule has 10 heavy (non-hydrogen) atoms. The van der Waals surface area contributed by atoms with Gasteiger partial charge in [0, 0.05) is 6.61 Å². The van der Waals surface area contributed by atoms with Crippen molar-refractivity contribution in [2.75, 3.05) is 6.61 Å². The predicted octanol–water partition coefficient (Wildman–Crippen LogP) is 1.76. The van der Waals surface area contributed by atoms with Crippen molar-refractivity contribution in [2.45, 2.75) is 31.5 Å². The van der Waals surface area contributed by atoms with E-state index in [0.717, 1.165) is 12.8 Å². The van der Waals surface area contributed by atoms with Gasteiger partial charge in [0.05, 0.1) is 0 Å². The molecule has 0 saturated heterocycles. The Kier molecular flexibility index (Phi) is 27.4. The number of hydrogen-bond acceptors (Lipinski definition) is 1. The molecule has 0 rings (SSSR count). The van der Waals surface area contributed by atoms with Gasteiger partial charge < -0.3 is 10.6 Å². The lowest BCUT2D eigenvalue weighted by molar-refractivity contribution is 0.287. The Morgan fingerprint density at radius 3 is 1.70 bits per heavy atom. The SMILES string of the molecule is CC(Cl)Cl.CCCCO.O. The highest BCUT2D eigenvalue weighted by Gasteiger charge is 1.75. The molecule has 0 spiro atoms. The van der Waals surface area contributed by atoms with E-state index in [1.807, 2.05) is 0 Å². The van der Waals surface area contributed by atoms with Gasteiger partial charge in [-0.15, -0.1) is 23.2 Å². The normalized spacial score (nSPS) is 7.80. The molecule has 4 heteroatoms. The first-order chi connectivity index (χ1) is 4.15. The molecule has 0 aromatic rings. The van der Waals surface area contributed by atoms with Crippen LogP contribution >= 0.6 is 23.2 Å². The van der Waals surface area contributed by atoms with E-state index in [4.69, 9.17) is 28.3 Å². The Balaban J connectivity index is -0.0000000910. The van der Waals surface area contributed by atoms with Gasteiger partial charge in [-0.05, 0) is 13.3 Å². The van der Waals surface area contributed by atoms with Crippen molar-refractivity contribution in [3.8, 4) is 0 Å². The number of aliphatic hydroxyl groups is 1. The van der Waals surface area contributed by atoms with E-state index in [2.05, 4.69) is 6.92 Å². The third-order valence-electron chi connectivity index (χ3n) is 0.512. The maximum absolute atomic E-state index is 8.07. The van der Waals surface area contributed by atoms with Crippen molar-refractivity contribution in [2.24, 2.45) is 0 Å². The molecule has 3 N–H and O–H groups in total. The highest BCUT2D eigenvalue weighted by atomic mass is 35.5. The van der Waals surface area contributed by atoms with Crippen molar-refractivity contribution in [3.63, 3.8) is 0 Å². The van der Waals surface area contributed by atoms with Crippen LogP contribution < -0.4 is 0 Å². The monoisotopic (exact) mass is 190 g/mol. The predicted molar refractivity (Wildman–Crippen MR) is 46.8 cm³/mol. The molecule has 0 aliphatic carbocycles. The zero-order valence-electron chi connectivity index (χ0n) is 6.40. The number of alkyl halides is 2. The quantitative estimate of drug-likeness (QED) is 0.664. The van der Waals surface area contributed by atoms with Crippen LogP contribution in [0.25, 0.3) is 0 Å². The van der Waals surface area contributed by atoms with Crippen molar-refractivity contribution in [1.82, 2.24) is 0 Å². The van der Waals surface area contributed by atoms with Gasteiger partial charge in [-0.25, -0.2) is 0 Å². The van der Waals surface area contributed by atoms with E-state index >= 15 is 0 Å². The van der Waals surface area contributed by atoms with E-state index in [-0.39, 0.29) is 10.3 Å². The third-order valence-corrected chi connectivity index (χ3v) is 0.512. The summed E-state index contributed by atoms with van der Waals surface area (Å²) in [4.78, 5) is -0.222. The van der Waals surface area contributed by atoms with Crippen molar-refractivity contribution < 1.29 is 10.6 Å². The second-order valence-electron chi connectivity index (χ2n) is 1.60. The fourth-order valence-electron chi connectivity index (χ4n) is 0.158. The summed E-state index contributed by atoms with van der Waals surface area (Å²) in [5, 5.41) is 8.07. The van der Waals surface area contributed by atoms with Gasteiger partial charge in [0.1, 0.15) is 4.84 Å². The second kappa shape index (κ2) is 16.2. The fourth-order valence-corrected chi connectivity index (χ4v) is 0.158. The Bertz CT molecular complexity index is 38.0. The highest BCUT2D eigenvalue weighted by molar-refractivity contribution is 6.43. The van der Waals surface area contributed by atoms with E-state index in [9.17, 15) is 0 Å². The van der Waals surface area contributed by atoms with Crippen molar-refractivity contribution >= 4 is 23.2 Å². The minimum absolute atomic E-state index is 0. The molecule has 0 bridgehead atoms. The summed E-state index contributed by atoms with van der Waals surface area (Å²) < 4.78 is 0. The summed E-state index contributed by atoms with van der Waals surface area (Å²) in [5.74, 6) is 0. The number of unbranched alkanes of at least 4 members (excludes halogenated alkanes) is 1.